The van der Waals surface area contributed by atoms with Gasteiger partial charge in [0.25, 0.3) is 0 Å². The molecular formula is C15H8Cl2N2O2. The molecule has 1 aromatic heterocycles. The standard InChI is InChI=1S/C15H8Cl2N2O2/c16-11-2-1-10(8-12(11)17)14-19-13(15(20)21-14)7-9-3-5-18-6-4-9/h1-8H/b13-7-. The molecule has 0 N–H and O–H groups in total. The number of hydrogen-bond acceptors (Lipinski definition) is 4. The van der Waals surface area contributed by atoms with E-state index in [-0.39, 0.29) is 11.6 Å². The summed E-state index contributed by atoms with van der Waals surface area (Å²) in [6, 6.07) is 8.46. The quantitative estimate of drug-likeness (QED) is 0.626. The Morgan fingerprint density at radius 2 is 1.81 bits per heavy atom. The van der Waals surface area contributed by atoms with Gasteiger partial charge in [-0.2, -0.15) is 0 Å². The highest BCUT2D eigenvalue weighted by atomic mass is 35.5. The number of carbonyl (C=O) groups is 1. The van der Waals surface area contributed by atoms with E-state index < -0.39 is 5.97 Å². The number of rotatable bonds is 2. The van der Waals surface area contributed by atoms with E-state index >= 15 is 0 Å². The second kappa shape index (κ2) is 5.68. The van der Waals surface area contributed by atoms with Crippen LogP contribution in [0.1, 0.15) is 11.1 Å². The van der Waals surface area contributed by atoms with E-state index in [4.69, 9.17) is 27.9 Å². The Morgan fingerprint density at radius 1 is 1.05 bits per heavy atom. The van der Waals surface area contributed by atoms with E-state index in [0.29, 0.717) is 15.6 Å². The van der Waals surface area contributed by atoms with Crippen molar-refractivity contribution in [2.75, 3.05) is 0 Å². The number of ether oxygens (including phenoxy) is 1. The molecule has 3 rings (SSSR count). The topological polar surface area (TPSA) is 51.5 Å². The summed E-state index contributed by atoms with van der Waals surface area (Å²) >= 11 is 11.8. The first-order valence-corrected chi connectivity index (χ1v) is 6.77. The van der Waals surface area contributed by atoms with Crippen molar-refractivity contribution in [3.8, 4) is 0 Å². The number of benzene rings is 1. The Kier molecular flexibility index (Phi) is 3.73. The van der Waals surface area contributed by atoms with Crippen LogP contribution in [0.3, 0.4) is 0 Å². The van der Waals surface area contributed by atoms with E-state index in [1.807, 2.05) is 0 Å². The maximum absolute atomic E-state index is 11.8. The second-order valence-corrected chi connectivity index (χ2v) is 5.06. The molecule has 0 spiro atoms. The van der Waals surface area contributed by atoms with E-state index in [9.17, 15) is 4.79 Å². The van der Waals surface area contributed by atoms with Crippen molar-refractivity contribution in [1.29, 1.82) is 0 Å². The first kappa shape index (κ1) is 13.8. The molecule has 0 saturated carbocycles. The number of hydrogen-bond donors (Lipinski definition) is 0. The van der Waals surface area contributed by atoms with E-state index in [0.717, 1.165) is 5.56 Å². The number of esters is 1. The summed E-state index contributed by atoms with van der Waals surface area (Å²) < 4.78 is 5.15. The third-order valence-corrected chi connectivity index (χ3v) is 3.54. The maximum atomic E-state index is 11.8. The fraction of sp³-hybridized carbons (Fsp3) is 0. The van der Waals surface area contributed by atoms with Crippen LogP contribution in [-0.4, -0.2) is 16.9 Å². The fourth-order valence-corrected chi connectivity index (χ4v) is 2.08. The first-order valence-electron chi connectivity index (χ1n) is 6.01. The lowest BCUT2D eigenvalue weighted by atomic mass is 10.2. The molecule has 0 fully saturated rings. The number of nitrogens with zero attached hydrogens (tertiary/aromatic N) is 2. The lowest BCUT2D eigenvalue weighted by Crippen LogP contribution is -2.05. The average molecular weight is 319 g/mol. The van der Waals surface area contributed by atoms with Crippen LogP contribution >= 0.6 is 23.2 Å². The lowest BCUT2D eigenvalue weighted by molar-refractivity contribution is -0.129. The summed E-state index contributed by atoms with van der Waals surface area (Å²) in [5, 5.41) is 0.803. The summed E-state index contributed by atoms with van der Waals surface area (Å²) in [5.74, 6) is -0.299. The number of halogens is 2. The zero-order chi connectivity index (χ0) is 14.8. The minimum Gasteiger partial charge on any atom is -0.402 e. The number of pyridine rings is 1. The minimum atomic E-state index is -0.507. The van der Waals surface area contributed by atoms with Gasteiger partial charge in [-0.3, -0.25) is 4.98 Å². The Hall–Kier alpha value is -2.17. The van der Waals surface area contributed by atoms with E-state index in [1.54, 1.807) is 48.8 Å². The van der Waals surface area contributed by atoms with Crippen molar-refractivity contribution in [2.45, 2.75) is 0 Å². The van der Waals surface area contributed by atoms with Crippen molar-refractivity contribution in [3.05, 3.63) is 69.6 Å². The third-order valence-electron chi connectivity index (χ3n) is 2.80. The maximum Gasteiger partial charge on any atom is 0.363 e. The van der Waals surface area contributed by atoms with Crippen LogP contribution < -0.4 is 0 Å². The summed E-state index contributed by atoms with van der Waals surface area (Å²) in [5.41, 5.74) is 1.63. The molecule has 0 amide bonds. The molecule has 21 heavy (non-hydrogen) atoms. The normalized spacial score (nSPS) is 16.0. The van der Waals surface area contributed by atoms with E-state index in [1.165, 1.54) is 0 Å². The predicted octanol–water partition coefficient (Wildman–Crippen LogP) is 3.73. The van der Waals surface area contributed by atoms with Crippen molar-refractivity contribution in [1.82, 2.24) is 4.98 Å². The highest BCUT2D eigenvalue weighted by Gasteiger charge is 2.24. The molecule has 0 aliphatic carbocycles. The van der Waals surface area contributed by atoms with Gasteiger partial charge in [-0.15, -0.1) is 0 Å². The zero-order valence-corrected chi connectivity index (χ0v) is 12.1. The first-order chi connectivity index (χ1) is 10.1. The van der Waals surface area contributed by atoms with Gasteiger partial charge in [0.2, 0.25) is 5.90 Å². The molecule has 0 radical (unpaired) electrons. The number of carbonyl (C=O) groups excluding carboxylic acids is 1. The van der Waals surface area contributed by atoms with Crippen molar-refractivity contribution in [2.24, 2.45) is 4.99 Å². The van der Waals surface area contributed by atoms with Crippen molar-refractivity contribution in [3.63, 3.8) is 0 Å². The summed E-state index contributed by atoms with van der Waals surface area (Å²) in [7, 11) is 0. The van der Waals surface area contributed by atoms with Gasteiger partial charge < -0.3 is 4.74 Å². The Morgan fingerprint density at radius 3 is 2.52 bits per heavy atom. The Bertz CT molecular complexity index is 770. The van der Waals surface area contributed by atoms with Crippen LogP contribution in [0.5, 0.6) is 0 Å². The van der Waals surface area contributed by atoms with Crippen molar-refractivity contribution >= 4 is 41.1 Å². The van der Waals surface area contributed by atoms with Crippen molar-refractivity contribution < 1.29 is 9.53 Å². The molecule has 104 valence electrons. The summed E-state index contributed by atoms with van der Waals surface area (Å²) in [4.78, 5) is 19.9. The summed E-state index contributed by atoms with van der Waals surface area (Å²) in [6.45, 7) is 0. The largest absolute Gasteiger partial charge is 0.402 e. The van der Waals surface area contributed by atoms with Gasteiger partial charge in [-0.05, 0) is 42.0 Å². The Labute approximate surface area is 130 Å². The molecule has 0 saturated heterocycles. The van der Waals surface area contributed by atoms with Crippen LogP contribution in [0.4, 0.5) is 0 Å². The predicted molar refractivity (Wildman–Crippen MR) is 81.3 cm³/mol. The Balaban J connectivity index is 1.95. The smallest absolute Gasteiger partial charge is 0.363 e. The SMILES string of the molecule is O=C1OC(c2ccc(Cl)c(Cl)c2)=N/C1=C\c1ccncc1. The van der Waals surface area contributed by atoms with Gasteiger partial charge in [-0.1, -0.05) is 23.2 Å². The molecule has 6 heteroatoms. The molecule has 0 unspecified atom stereocenters. The minimum absolute atomic E-state index is 0.207. The van der Waals surface area contributed by atoms with Gasteiger partial charge in [0.15, 0.2) is 5.70 Å². The number of aliphatic imine (C=N–C) groups is 1. The zero-order valence-electron chi connectivity index (χ0n) is 10.6. The molecule has 1 aliphatic rings. The van der Waals surface area contributed by atoms with Crippen LogP contribution in [0.25, 0.3) is 6.08 Å². The fourth-order valence-electron chi connectivity index (χ4n) is 1.78. The number of aromatic nitrogens is 1. The van der Waals surface area contributed by atoms with Crippen LogP contribution in [-0.2, 0) is 9.53 Å². The van der Waals surface area contributed by atoms with Gasteiger partial charge in [0.05, 0.1) is 10.0 Å². The molecule has 0 atom stereocenters. The lowest BCUT2D eigenvalue weighted by Gasteiger charge is -2.01. The summed E-state index contributed by atoms with van der Waals surface area (Å²) in [6.07, 6.45) is 4.90. The molecule has 2 heterocycles. The van der Waals surface area contributed by atoms with Gasteiger partial charge in [0.1, 0.15) is 0 Å². The monoisotopic (exact) mass is 318 g/mol. The third kappa shape index (κ3) is 2.96. The number of cyclic esters (lactones) is 1. The van der Waals surface area contributed by atoms with Crippen LogP contribution in [0, 0.1) is 0 Å². The van der Waals surface area contributed by atoms with Gasteiger partial charge in [-0.25, -0.2) is 9.79 Å². The highest BCUT2D eigenvalue weighted by Crippen LogP contribution is 2.25. The molecule has 2 aromatic rings. The molecule has 1 aliphatic heterocycles. The van der Waals surface area contributed by atoms with E-state index in [2.05, 4.69) is 9.98 Å². The van der Waals surface area contributed by atoms with Gasteiger partial charge >= 0.3 is 5.97 Å². The molecule has 1 aromatic carbocycles. The van der Waals surface area contributed by atoms with Gasteiger partial charge in [0, 0.05) is 18.0 Å². The molecular weight excluding hydrogens is 311 g/mol. The average Bonchev–Trinajstić information content (AvgIpc) is 2.84. The van der Waals surface area contributed by atoms with Crippen LogP contribution in [0.15, 0.2) is 53.4 Å². The molecule has 4 nitrogen and oxygen atoms in total. The second-order valence-electron chi connectivity index (χ2n) is 4.25. The molecule has 0 bridgehead atoms. The van der Waals surface area contributed by atoms with Crippen LogP contribution in [0.2, 0.25) is 10.0 Å². The highest BCUT2D eigenvalue weighted by molar-refractivity contribution is 6.42.